The molecule has 0 spiro atoms. The summed E-state index contributed by atoms with van der Waals surface area (Å²) in [6.07, 6.45) is 4.64. The molecular weight excluding hydrogens is 352 g/mol. The Hall–Kier alpha value is -3.47. The molecule has 0 atom stereocenters. The monoisotopic (exact) mass is 374 g/mol. The molecule has 28 heavy (non-hydrogen) atoms. The van der Waals surface area contributed by atoms with Gasteiger partial charge in [-0.05, 0) is 35.8 Å². The third-order valence-corrected chi connectivity index (χ3v) is 4.27. The van der Waals surface area contributed by atoms with Crippen molar-refractivity contribution in [2.24, 2.45) is 0 Å². The van der Waals surface area contributed by atoms with Crippen molar-refractivity contribution in [2.45, 2.75) is 19.8 Å². The summed E-state index contributed by atoms with van der Waals surface area (Å²) >= 11 is 0. The number of para-hydroxylation sites is 1. The maximum Gasteiger partial charge on any atom is 0.331 e. The molecule has 3 aromatic rings. The van der Waals surface area contributed by atoms with E-state index in [2.05, 4.69) is 24.1 Å². The van der Waals surface area contributed by atoms with Crippen LogP contribution < -0.4 is 5.32 Å². The van der Waals surface area contributed by atoms with Crippen molar-refractivity contribution >= 4 is 34.5 Å². The van der Waals surface area contributed by atoms with Crippen molar-refractivity contribution in [1.82, 2.24) is 4.98 Å². The number of rotatable bonds is 6. The van der Waals surface area contributed by atoms with Crippen molar-refractivity contribution in [3.8, 4) is 0 Å². The number of anilines is 1. The Morgan fingerprint density at radius 3 is 2.57 bits per heavy atom. The highest BCUT2D eigenvalue weighted by Crippen LogP contribution is 2.18. The molecule has 0 unspecified atom stereocenters. The van der Waals surface area contributed by atoms with Crippen molar-refractivity contribution in [2.75, 3.05) is 11.9 Å². The summed E-state index contributed by atoms with van der Waals surface area (Å²) in [5.74, 6) is -0.543. The topological polar surface area (TPSA) is 68.3 Å². The maximum atomic E-state index is 12.0. The molecule has 0 aliphatic heterocycles. The number of hydrogen-bond acceptors (Lipinski definition) is 4. The van der Waals surface area contributed by atoms with Gasteiger partial charge in [-0.2, -0.15) is 0 Å². The summed E-state index contributed by atoms with van der Waals surface area (Å²) in [7, 11) is 0. The predicted molar refractivity (Wildman–Crippen MR) is 111 cm³/mol. The fourth-order valence-electron chi connectivity index (χ4n) is 2.75. The Balaban J connectivity index is 1.53. The van der Waals surface area contributed by atoms with E-state index in [1.165, 1.54) is 11.6 Å². The number of ether oxygens (including phenoxy) is 1. The van der Waals surface area contributed by atoms with E-state index in [1.54, 1.807) is 12.3 Å². The SMILES string of the molecule is CC(C)c1ccc(NC(=O)COC(=O)/C=C/c2cccc3cccnc23)cc1. The van der Waals surface area contributed by atoms with E-state index < -0.39 is 5.97 Å². The van der Waals surface area contributed by atoms with Crippen molar-refractivity contribution in [1.29, 1.82) is 0 Å². The van der Waals surface area contributed by atoms with Gasteiger partial charge in [-0.15, -0.1) is 0 Å². The number of aromatic nitrogens is 1. The first-order valence-electron chi connectivity index (χ1n) is 9.11. The third-order valence-electron chi connectivity index (χ3n) is 4.27. The van der Waals surface area contributed by atoms with Gasteiger partial charge in [-0.25, -0.2) is 4.79 Å². The lowest BCUT2D eigenvalue weighted by Crippen LogP contribution is -2.20. The highest BCUT2D eigenvalue weighted by atomic mass is 16.5. The largest absolute Gasteiger partial charge is 0.452 e. The zero-order chi connectivity index (χ0) is 19.9. The van der Waals surface area contributed by atoms with Gasteiger partial charge < -0.3 is 10.1 Å². The molecule has 0 fully saturated rings. The Bertz CT molecular complexity index is 1000. The molecule has 1 heterocycles. The minimum absolute atomic E-state index is 0.344. The van der Waals surface area contributed by atoms with Gasteiger partial charge in [0, 0.05) is 28.9 Å². The Kier molecular flexibility index (Phi) is 6.17. The molecule has 5 heteroatoms. The van der Waals surface area contributed by atoms with Crippen LogP contribution in [0.25, 0.3) is 17.0 Å². The molecule has 142 valence electrons. The zero-order valence-corrected chi connectivity index (χ0v) is 15.9. The molecule has 0 aliphatic rings. The molecule has 1 N–H and O–H groups in total. The molecule has 0 saturated heterocycles. The highest BCUT2D eigenvalue weighted by molar-refractivity contribution is 5.96. The first-order chi connectivity index (χ1) is 13.5. The van der Waals surface area contributed by atoms with E-state index in [4.69, 9.17) is 4.74 Å². The third kappa shape index (κ3) is 5.04. The van der Waals surface area contributed by atoms with Crippen LogP contribution in [0.1, 0.15) is 30.9 Å². The van der Waals surface area contributed by atoms with E-state index in [1.807, 2.05) is 54.6 Å². The lowest BCUT2D eigenvalue weighted by molar-refractivity contribution is -0.142. The number of carbonyl (C=O) groups is 2. The second-order valence-electron chi connectivity index (χ2n) is 6.69. The number of nitrogens with zero attached hydrogens (tertiary/aromatic N) is 1. The molecule has 1 aromatic heterocycles. The van der Waals surface area contributed by atoms with Gasteiger partial charge >= 0.3 is 5.97 Å². The Labute approximate surface area is 164 Å². The number of nitrogens with one attached hydrogen (secondary N) is 1. The Morgan fingerprint density at radius 1 is 1.07 bits per heavy atom. The number of pyridine rings is 1. The molecule has 0 radical (unpaired) electrons. The summed E-state index contributed by atoms with van der Waals surface area (Å²) in [5, 5.41) is 3.70. The maximum absolute atomic E-state index is 12.0. The van der Waals surface area contributed by atoms with Gasteiger partial charge in [-0.1, -0.05) is 50.2 Å². The van der Waals surface area contributed by atoms with Crippen LogP contribution in [-0.4, -0.2) is 23.5 Å². The summed E-state index contributed by atoms with van der Waals surface area (Å²) < 4.78 is 5.01. The average Bonchev–Trinajstić information content (AvgIpc) is 2.71. The lowest BCUT2D eigenvalue weighted by Gasteiger charge is -2.08. The second-order valence-corrected chi connectivity index (χ2v) is 6.69. The predicted octanol–water partition coefficient (Wildman–Crippen LogP) is 4.55. The van der Waals surface area contributed by atoms with E-state index in [9.17, 15) is 9.59 Å². The minimum Gasteiger partial charge on any atom is -0.452 e. The van der Waals surface area contributed by atoms with Gasteiger partial charge in [0.2, 0.25) is 0 Å². The molecule has 0 aliphatic carbocycles. The Morgan fingerprint density at radius 2 is 1.82 bits per heavy atom. The summed E-state index contributed by atoms with van der Waals surface area (Å²) in [5.41, 5.74) is 3.47. The zero-order valence-electron chi connectivity index (χ0n) is 15.9. The van der Waals surface area contributed by atoms with E-state index in [0.29, 0.717) is 11.6 Å². The van der Waals surface area contributed by atoms with Crippen LogP contribution in [0.5, 0.6) is 0 Å². The smallest absolute Gasteiger partial charge is 0.331 e. The van der Waals surface area contributed by atoms with Crippen LogP contribution >= 0.6 is 0 Å². The summed E-state index contributed by atoms with van der Waals surface area (Å²) in [4.78, 5) is 28.2. The first-order valence-corrected chi connectivity index (χ1v) is 9.11. The molecule has 3 rings (SSSR count). The average molecular weight is 374 g/mol. The fraction of sp³-hybridized carbons (Fsp3) is 0.174. The summed E-state index contributed by atoms with van der Waals surface area (Å²) in [6, 6.07) is 17.1. The molecule has 0 saturated carbocycles. The highest BCUT2D eigenvalue weighted by Gasteiger charge is 2.07. The lowest BCUT2D eigenvalue weighted by atomic mass is 10.0. The van der Waals surface area contributed by atoms with E-state index in [-0.39, 0.29) is 12.5 Å². The van der Waals surface area contributed by atoms with E-state index in [0.717, 1.165) is 16.5 Å². The molecule has 1 amide bonds. The van der Waals surface area contributed by atoms with Crippen molar-refractivity contribution in [3.05, 3.63) is 78.0 Å². The van der Waals surface area contributed by atoms with Crippen molar-refractivity contribution < 1.29 is 14.3 Å². The molecular formula is C23H22N2O3. The van der Waals surface area contributed by atoms with Crippen LogP contribution in [0.15, 0.2) is 66.9 Å². The number of benzene rings is 2. The first kappa shape index (κ1) is 19.3. The normalized spacial score (nSPS) is 11.1. The molecule has 0 bridgehead atoms. The standard InChI is InChI=1S/C23H22N2O3/c1-16(2)17-8-11-20(12-9-17)25-21(26)15-28-22(27)13-10-19-6-3-5-18-7-4-14-24-23(18)19/h3-14,16H,15H2,1-2H3,(H,25,26)/b13-10+. The van der Waals surface area contributed by atoms with Crippen LogP contribution in [-0.2, 0) is 14.3 Å². The van der Waals surface area contributed by atoms with Crippen LogP contribution in [0.4, 0.5) is 5.69 Å². The van der Waals surface area contributed by atoms with Crippen LogP contribution in [0.2, 0.25) is 0 Å². The number of amides is 1. The van der Waals surface area contributed by atoms with Gasteiger partial charge in [0.15, 0.2) is 6.61 Å². The van der Waals surface area contributed by atoms with Gasteiger partial charge in [0.25, 0.3) is 5.91 Å². The number of fused-ring (bicyclic) bond motifs is 1. The minimum atomic E-state index is -0.585. The van der Waals surface area contributed by atoms with Gasteiger partial charge in [0.05, 0.1) is 5.52 Å². The van der Waals surface area contributed by atoms with Crippen molar-refractivity contribution in [3.63, 3.8) is 0 Å². The van der Waals surface area contributed by atoms with Gasteiger partial charge in [-0.3, -0.25) is 9.78 Å². The second kappa shape index (κ2) is 8.95. The van der Waals surface area contributed by atoms with Crippen LogP contribution in [0, 0.1) is 0 Å². The number of esters is 1. The summed E-state index contributed by atoms with van der Waals surface area (Å²) in [6.45, 7) is 3.87. The quantitative estimate of drug-likeness (QED) is 0.507. The number of carbonyl (C=O) groups excluding carboxylic acids is 2. The van der Waals surface area contributed by atoms with Gasteiger partial charge in [0.1, 0.15) is 0 Å². The molecule has 5 nitrogen and oxygen atoms in total. The number of hydrogen-bond donors (Lipinski definition) is 1. The van der Waals surface area contributed by atoms with E-state index >= 15 is 0 Å². The molecule has 2 aromatic carbocycles. The fourth-order valence-corrected chi connectivity index (χ4v) is 2.75. The van der Waals surface area contributed by atoms with Crippen LogP contribution in [0.3, 0.4) is 0 Å².